The van der Waals surface area contributed by atoms with Gasteiger partial charge in [-0.15, -0.1) is 0 Å². The molecule has 4 N–H and O–H groups in total. The van der Waals surface area contributed by atoms with Crippen molar-refractivity contribution in [2.24, 2.45) is 23.7 Å². The van der Waals surface area contributed by atoms with E-state index >= 15 is 0 Å². The van der Waals surface area contributed by atoms with E-state index in [0.717, 1.165) is 118 Å². The lowest BCUT2D eigenvalue weighted by molar-refractivity contribution is -0.124. The van der Waals surface area contributed by atoms with Gasteiger partial charge in [0.25, 0.3) is 0 Å². The maximum Gasteiger partial charge on any atom is 0.157 e. The predicted octanol–water partition coefficient (Wildman–Crippen LogP) is 11.4. The summed E-state index contributed by atoms with van der Waals surface area (Å²) >= 11 is 0. The number of carbonyl (C=O) groups is 1. The number of nitrogens with one attached hydrogen (secondary N) is 4. The van der Waals surface area contributed by atoms with Crippen molar-refractivity contribution in [3.63, 3.8) is 0 Å². The van der Waals surface area contributed by atoms with E-state index in [0.29, 0.717) is 0 Å². The maximum absolute atomic E-state index is 13.3. The molecule has 280 valence electrons. The largest absolute Gasteiger partial charge is 0.389 e. The van der Waals surface area contributed by atoms with Crippen LogP contribution < -0.4 is 21.3 Å². The molecule has 0 radical (unpaired) electrons. The van der Waals surface area contributed by atoms with E-state index in [9.17, 15) is 4.79 Å². The summed E-state index contributed by atoms with van der Waals surface area (Å²) in [6.45, 7) is 36.9. The van der Waals surface area contributed by atoms with Gasteiger partial charge in [-0.05, 0) is 94.8 Å². The van der Waals surface area contributed by atoms with Crippen LogP contribution in [-0.4, -0.2) is 31.0 Å². The fraction of sp³-hybridized carbons (Fsp3) is 0.791. The lowest BCUT2D eigenvalue weighted by Gasteiger charge is -2.29. The Bertz CT molecular complexity index is 887. The lowest BCUT2D eigenvalue weighted by atomic mass is 9.95. The molecule has 2 unspecified atom stereocenters. The molecule has 0 fully saturated rings. The number of carbonyl (C=O) groups excluding carboxylic acids is 1. The first-order valence-electron chi connectivity index (χ1n) is 20.0. The first kappa shape index (κ1) is 45.8. The van der Waals surface area contributed by atoms with Gasteiger partial charge in [0.15, 0.2) is 5.78 Å². The number of unbranched alkanes of at least 4 members (excludes halogenated alkanes) is 5. The third-order valence-corrected chi connectivity index (χ3v) is 9.19. The SMILES string of the molecule is C=C(CCCCC(C)C)NCCCCC(NC(=C)CCCCC(C)C)C(=C)NC(CCCCNC(=C)CCCCC(C)C)C(=O)C(C)C. The van der Waals surface area contributed by atoms with E-state index in [4.69, 9.17) is 0 Å². The molecule has 0 heterocycles. The number of hydrogen-bond acceptors (Lipinski definition) is 5. The minimum absolute atomic E-state index is 0.0223. The van der Waals surface area contributed by atoms with Crippen LogP contribution in [0.5, 0.6) is 0 Å². The number of Topliss-reactive ketones (excluding diaryl/α,β-unsaturated/α-hetero) is 1. The summed E-state index contributed by atoms with van der Waals surface area (Å²) in [5.74, 6) is 2.52. The van der Waals surface area contributed by atoms with Crippen molar-refractivity contribution < 1.29 is 4.79 Å². The van der Waals surface area contributed by atoms with Gasteiger partial charge >= 0.3 is 0 Å². The van der Waals surface area contributed by atoms with Crippen molar-refractivity contribution in [2.75, 3.05) is 13.1 Å². The standard InChI is InChI=1S/C43H82N4O/c1-33(2)23-13-16-26-37(9)44-31-21-19-29-41(46-39(11)28-18-15-25-35(5)6)40(12)47-42(43(48)36(7)8)30-20-22-32-45-38(10)27-17-14-24-34(3)4/h33-36,41-42,44-47H,9-32H2,1-8H3. The molecule has 5 heteroatoms. The van der Waals surface area contributed by atoms with Crippen LogP contribution in [-0.2, 0) is 4.79 Å². The molecule has 5 nitrogen and oxygen atoms in total. The number of rotatable bonds is 34. The topological polar surface area (TPSA) is 65.2 Å². The molecule has 0 saturated heterocycles. The Kier molecular flexibility index (Phi) is 27.4. The molecule has 48 heavy (non-hydrogen) atoms. The third kappa shape index (κ3) is 26.7. The second kappa shape index (κ2) is 28.6. The Balaban J connectivity index is 5.02. The van der Waals surface area contributed by atoms with Gasteiger partial charge in [0, 0.05) is 41.8 Å². The molecule has 0 saturated carbocycles. The van der Waals surface area contributed by atoms with Crippen LogP contribution in [0.1, 0.15) is 171 Å². The molecule has 0 amide bonds. The van der Waals surface area contributed by atoms with Crippen molar-refractivity contribution in [3.05, 3.63) is 49.1 Å². The van der Waals surface area contributed by atoms with Gasteiger partial charge in [-0.3, -0.25) is 4.79 Å². The van der Waals surface area contributed by atoms with Gasteiger partial charge in [0.2, 0.25) is 0 Å². The quantitative estimate of drug-likeness (QED) is 0.0513. The molecule has 0 aromatic carbocycles. The van der Waals surface area contributed by atoms with Gasteiger partial charge in [0.05, 0.1) is 12.1 Å². The Morgan fingerprint density at radius 3 is 1.23 bits per heavy atom. The molecule has 0 aliphatic carbocycles. The molecular weight excluding hydrogens is 589 g/mol. The third-order valence-electron chi connectivity index (χ3n) is 9.19. The van der Waals surface area contributed by atoms with Crippen LogP contribution in [0.3, 0.4) is 0 Å². The Morgan fingerprint density at radius 2 is 0.833 bits per heavy atom. The zero-order valence-corrected chi connectivity index (χ0v) is 33.3. The van der Waals surface area contributed by atoms with E-state index < -0.39 is 0 Å². The summed E-state index contributed by atoms with van der Waals surface area (Å²) in [6, 6.07) is -0.175. The van der Waals surface area contributed by atoms with Gasteiger partial charge in [-0.25, -0.2) is 0 Å². The fourth-order valence-electron chi connectivity index (χ4n) is 5.99. The van der Waals surface area contributed by atoms with Gasteiger partial charge in [0.1, 0.15) is 0 Å². The van der Waals surface area contributed by atoms with Crippen molar-refractivity contribution in [1.29, 1.82) is 0 Å². The summed E-state index contributed by atoms with van der Waals surface area (Å²) in [5, 5.41) is 14.4. The van der Waals surface area contributed by atoms with Crippen LogP contribution in [0.4, 0.5) is 0 Å². The summed E-state index contributed by atoms with van der Waals surface area (Å²) < 4.78 is 0. The molecular formula is C43H82N4O. The van der Waals surface area contributed by atoms with Gasteiger partial charge < -0.3 is 21.3 Å². The normalized spacial score (nSPS) is 12.8. The second-order valence-electron chi connectivity index (χ2n) is 16.1. The second-order valence-corrected chi connectivity index (χ2v) is 16.1. The summed E-state index contributed by atoms with van der Waals surface area (Å²) in [4.78, 5) is 13.3. The highest BCUT2D eigenvalue weighted by molar-refractivity contribution is 5.85. The minimum Gasteiger partial charge on any atom is -0.389 e. The molecule has 0 aromatic heterocycles. The van der Waals surface area contributed by atoms with Crippen LogP contribution in [0.15, 0.2) is 49.1 Å². The average molecular weight is 671 g/mol. The first-order valence-corrected chi connectivity index (χ1v) is 20.0. The summed E-state index contributed by atoms with van der Waals surface area (Å²) in [6.07, 6.45) is 20.1. The maximum atomic E-state index is 13.3. The molecule has 0 aliphatic rings. The van der Waals surface area contributed by atoms with Crippen molar-refractivity contribution >= 4 is 5.78 Å². The molecule has 0 rings (SSSR count). The Morgan fingerprint density at radius 1 is 0.458 bits per heavy atom. The van der Waals surface area contributed by atoms with E-state index in [-0.39, 0.29) is 23.8 Å². The number of hydrogen-bond donors (Lipinski definition) is 4. The molecule has 2 atom stereocenters. The van der Waals surface area contributed by atoms with Gasteiger partial charge in [-0.1, -0.05) is 120 Å². The van der Waals surface area contributed by atoms with Crippen LogP contribution in [0.25, 0.3) is 0 Å². The Hall–Kier alpha value is -2.17. The van der Waals surface area contributed by atoms with Crippen LogP contribution in [0.2, 0.25) is 0 Å². The monoisotopic (exact) mass is 671 g/mol. The zero-order chi connectivity index (χ0) is 36.3. The highest BCUT2D eigenvalue weighted by atomic mass is 16.1. The zero-order valence-electron chi connectivity index (χ0n) is 33.3. The summed E-state index contributed by atoms with van der Waals surface area (Å²) in [5.41, 5.74) is 4.28. The first-order chi connectivity index (χ1) is 22.7. The highest BCUT2D eigenvalue weighted by Gasteiger charge is 2.24. The average Bonchev–Trinajstić information content (AvgIpc) is 3.01. The van der Waals surface area contributed by atoms with Crippen molar-refractivity contribution in [3.8, 4) is 0 Å². The van der Waals surface area contributed by atoms with Gasteiger partial charge in [-0.2, -0.15) is 0 Å². The van der Waals surface area contributed by atoms with Crippen molar-refractivity contribution in [2.45, 2.75) is 183 Å². The van der Waals surface area contributed by atoms with E-state index in [2.05, 4.69) is 89.1 Å². The smallest absolute Gasteiger partial charge is 0.157 e. The van der Waals surface area contributed by atoms with E-state index in [1.807, 2.05) is 13.8 Å². The molecule has 0 spiro atoms. The molecule has 0 bridgehead atoms. The minimum atomic E-state index is -0.221. The van der Waals surface area contributed by atoms with E-state index in [1.54, 1.807) is 0 Å². The molecule has 0 aliphatic heterocycles. The van der Waals surface area contributed by atoms with Crippen LogP contribution in [0, 0.1) is 23.7 Å². The highest BCUT2D eigenvalue weighted by Crippen LogP contribution is 2.17. The fourth-order valence-corrected chi connectivity index (χ4v) is 5.99. The number of allylic oxidation sites excluding steroid dienone is 3. The number of ketones is 1. The Labute approximate surface area is 300 Å². The van der Waals surface area contributed by atoms with E-state index in [1.165, 1.54) is 51.4 Å². The van der Waals surface area contributed by atoms with Crippen molar-refractivity contribution in [1.82, 2.24) is 21.3 Å². The summed E-state index contributed by atoms with van der Waals surface area (Å²) in [7, 11) is 0. The lowest BCUT2D eigenvalue weighted by Crippen LogP contribution is -2.44. The van der Waals surface area contributed by atoms with Crippen LogP contribution >= 0.6 is 0 Å². The predicted molar refractivity (Wildman–Crippen MR) is 214 cm³/mol. The molecule has 0 aromatic rings.